The van der Waals surface area contributed by atoms with E-state index in [0.29, 0.717) is 17.9 Å². The fraction of sp³-hybridized carbons (Fsp3) is 0.278. The molecule has 0 unspecified atom stereocenters. The van der Waals surface area contributed by atoms with Crippen molar-refractivity contribution in [2.75, 3.05) is 18.5 Å². The molecule has 6 nitrogen and oxygen atoms in total. The van der Waals surface area contributed by atoms with Crippen molar-refractivity contribution in [3.63, 3.8) is 0 Å². The van der Waals surface area contributed by atoms with E-state index in [0.717, 1.165) is 5.69 Å². The first-order valence-corrected chi connectivity index (χ1v) is 10.6. The van der Waals surface area contributed by atoms with Crippen LogP contribution in [0.2, 0.25) is 10.0 Å². The lowest BCUT2D eigenvalue weighted by atomic mass is 9.98. The summed E-state index contributed by atoms with van der Waals surface area (Å²) in [5, 5.41) is 0.436. The number of rotatable bonds is 5. The summed E-state index contributed by atoms with van der Waals surface area (Å²) in [5.74, 6) is -0.417. The molecule has 2 aromatic carbocycles. The van der Waals surface area contributed by atoms with Gasteiger partial charge in [-0.05, 0) is 43.2 Å². The molecule has 0 spiro atoms. The van der Waals surface area contributed by atoms with Crippen molar-refractivity contribution in [3.8, 4) is 0 Å². The van der Waals surface area contributed by atoms with E-state index >= 15 is 0 Å². The maximum atomic E-state index is 12.8. The van der Waals surface area contributed by atoms with Gasteiger partial charge in [-0.25, -0.2) is 8.42 Å². The Labute approximate surface area is 168 Å². The molecule has 1 saturated heterocycles. The van der Waals surface area contributed by atoms with Crippen LogP contribution >= 0.6 is 23.2 Å². The number of amides is 1. The second-order valence-electron chi connectivity index (χ2n) is 6.23. The molecule has 0 aliphatic carbocycles. The normalized spacial score (nSPS) is 16.1. The topological polar surface area (TPSA) is 78.5 Å². The highest BCUT2D eigenvalue weighted by Gasteiger charge is 2.33. The number of hydrogen-bond acceptors (Lipinski definition) is 4. The molecule has 0 atom stereocenters. The molecule has 2 N–H and O–H groups in total. The maximum absolute atomic E-state index is 12.8. The first kappa shape index (κ1) is 19.9. The number of piperidine rings is 1. The van der Waals surface area contributed by atoms with Gasteiger partial charge in [-0.3, -0.25) is 15.6 Å². The minimum Gasteiger partial charge on any atom is -0.299 e. The van der Waals surface area contributed by atoms with Gasteiger partial charge in [0, 0.05) is 24.0 Å². The molecule has 1 amide bonds. The van der Waals surface area contributed by atoms with Gasteiger partial charge in [-0.15, -0.1) is 0 Å². The molecule has 1 fully saturated rings. The number of hydrogen-bond donors (Lipinski definition) is 2. The monoisotopic (exact) mass is 427 g/mol. The molecule has 2 aromatic rings. The van der Waals surface area contributed by atoms with Crippen LogP contribution in [0.15, 0.2) is 53.4 Å². The molecule has 27 heavy (non-hydrogen) atoms. The number of halogens is 2. The predicted molar refractivity (Wildman–Crippen MR) is 106 cm³/mol. The summed E-state index contributed by atoms with van der Waals surface area (Å²) < 4.78 is 27.0. The zero-order valence-electron chi connectivity index (χ0n) is 14.4. The Morgan fingerprint density at radius 1 is 1.04 bits per heavy atom. The molecular formula is C18H19Cl2N3O3S. The molecule has 0 saturated carbocycles. The Morgan fingerprint density at radius 2 is 1.70 bits per heavy atom. The number of carbonyl (C=O) groups is 1. The summed E-state index contributed by atoms with van der Waals surface area (Å²) >= 11 is 12.0. The van der Waals surface area contributed by atoms with Crippen molar-refractivity contribution in [3.05, 3.63) is 58.6 Å². The van der Waals surface area contributed by atoms with Crippen molar-refractivity contribution in [2.24, 2.45) is 5.92 Å². The van der Waals surface area contributed by atoms with Crippen LogP contribution in [0.3, 0.4) is 0 Å². The van der Waals surface area contributed by atoms with Gasteiger partial charge >= 0.3 is 0 Å². The lowest BCUT2D eigenvalue weighted by molar-refractivity contribution is -0.125. The van der Waals surface area contributed by atoms with Crippen LogP contribution in [0.4, 0.5) is 5.69 Å². The van der Waals surface area contributed by atoms with Crippen LogP contribution in [-0.2, 0) is 14.8 Å². The molecule has 3 rings (SSSR count). The highest BCUT2D eigenvalue weighted by Crippen LogP contribution is 2.30. The van der Waals surface area contributed by atoms with Crippen molar-refractivity contribution in [1.82, 2.24) is 9.73 Å². The molecule has 0 bridgehead atoms. The average Bonchev–Trinajstić information content (AvgIpc) is 2.68. The summed E-state index contributed by atoms with van der Waals surface area (Å²) in [6, 6.07) is 13.6. The van der Waals surface area contributed by atoms with Crippen LogP contribution in [0.25, 0.3) is 0 Å². The largest absolute Gasteiger partial charge is 0.299 e. The number of anilines is 1. The zero-order valence-corrected chi connectivity index (χ0v) is 16.7. The highest BCUT2D eigenvalue weighted by molar-refractivity contribution is 7.89. The molecule has 0 aromatic heterocycles. The Kier molecular flexibility index (Phi) is 6.26. The average molecular weight is 428 g/mol. The lowest BCUT2D eigenvalue weighted by Crippen LogP contribution is -2.44. The molecule has 9 heteroatoms. The fourth-order valence-electron chi connectivity index (χ4n) is 2.93. The third-order valence-corrected chi connectivity index (χ3v) is 7.05. The van der Waals surface area contributed by atoms with E-state index in [1.807, 2.05) is 30.3 Å². The van der Waals surface area contributed by atoms with Gasteiger partial charge in [-0.2, -0.15) is 4.31 Å². The third-order valence-electron chi connectivity index (χ3n) is 4.44. The van der Waals surface area contributed by atoms with E-state index in [9.17, 15) is 13.2 Å². The van der Waals surface area contributed by atoms with Crippen molar-refractivity contribution < 1.29 is 13.2 Å². The van der Waals surface area contributed by atoms with E-state index in [4.69, 9.17) is 23.2 Å². The van der Waals surface area contributed by atoms with Crippen LogP contribution in [0.5, 0.6) is 0 Å². The minimum absolute atomic E-state index is 0.00897. The number of nitrogens with one attached hydrogen (secondary N) is 2. The number of benzene rings is 2. The van der Waals surface area contributed by atoms with Crippen LogP contribution < -0.4 is 10.9 Å². The summed E-state index contributed by atoms with van der Waals surface area (Å²) in [5.41, 5.74) is 6.31. The van der Waals surface area contributed by atoms with E-state index in [2.05, 4.69) is 10.9 Å². The van der Waals surface area contributed by atoms with Gasteiger partial charge in [-0.1, -0.05) is 41.4 Å². The van der Waals surface area contributed by atoms with Gasteiger partial charge in [0.2, 0.25) is 15.9 Å². The molecular weight excluding hydrogens is 409 g/mol. The van der Waals surface area contributed by atoms with Crippen molar-refractivity contribution in [2.45, 2.75) is 17.7 Å². The van der Waals surface area contributed by atoms with Gasteiger partial charge < -0.3 is 0 Å². The van der Waals surface area contributed by atoms with E-state index < -0.39 is 10.0 Å². The Hall–Kier alpha value is -1.80. The second-order valence-corrected chi connectivity index (χ2v) is 8.98. The first-order chi connectivity index (χ1) is 12.9. The Balaban J connectivity index is 1.59. The van der Waals surface area contributed by atoms with E-state index in [1.165, 1.54) is 16.4 Å². The number of hydrazine groups is 1. The maximum Gasteiger partial charge on any atom is 0.244 e. The van der Waals surface area contributed by atoms with Gasteiger partial charge in [0.25, 0.3) is 0 Å². The number of para-hydroxylation sites is 1. The summed E-state index contributed by atoms with van der Waals surface area (Å²) in [7, 11) is -3.75. The SMILES string of the molecule is O=C(NNc1ccccc1)C1CCN(S(=O)(=O)c2cc(Cl)ccc2Cl)CC1. The predicted octanol–water partition coefficient (Wildman–Crippen LogP) is 3.54. The summed E-state index contributed by atoms with van der Waals surface area (Å²) in [4.78, 5) is 12.3. The number of nitrogens with zero attached hydrogens (tertiary/aromatic N) is 1. The minimum atomic E-state index is -3.75. The second kappa shape index (κ2) is 8.48. The van der Waals surface area contributed by atoms with E-state index in [-0.39, 0.29) is 34.8 Å². The van der Waals surface area contributed by atoms with Gasteiger partial charge in [0.1, 0.15) is 4.90 Å². The number of sulfonamides is 1. The van der Waals surface area contributed by atoms with Crippen LogP contribution in [0, 0.1) is 5.92 Å². The number of carbonyl (C=O) groups excluding carboxylic acids is 1. The molecule has 1 aliphatic heterocycles. The fourth-order valence-corrected chi connectivity index (χ4v) is 5.14. The first-order valence-electron chi connectivity index (χ1n) is 8.44. The molecule has 0 radical (unpaired) electrons. The van der Waals surface area contributed by atoms with E-state index in [1.54, 1.807) is 6.07 Å². The highest BCUT2D eigenvalue weighted by atomic mass is 35.5. The van der Waals surface area contributed by atoms with Gasteiger partial charge in [0.05, 0.1) is 10.7 Å². The molecule has 1 heterocycles. The molecule has 144 valence electrons. The van der Waals surface area contributed by atoms with Crippen molar-refractivity contribution >= 4 is 44.8 Å². The van der Waals surface area contributed by atoms with Gasteiger partial charge in [0.15, 0.2) is 0 Å². The van der Waals surface area contributed by atoms with Crippen LogP contribution in [0.1, 0.15) is 12.8 Å². The Bertz CT molecular complexity index is 915. The third kappa shape index (κ3) is 4.73. The quantitative estimate of drug-likeness (QED) is 0.715. The lowest BCUT2D eigenvalue weighted by Gasteiger charge is -2.30. The Morgan fingerprint density at radius 3 is 2.37 bits per heavy atom. The van der Waals surface area contributed by atoms with Crippen LogP contribution in [-0.4, -0.2) is 31.7 Å². The standard InChI is InChI=1S/C18H19Cl2N3O3S/c19-14-6-7-16(20)17(12-14)27(25,26)23-10-8-13(9-11-23)18(24)22-21-15-4-2-1-3-5-15/h1-7,12-13,21H,8-11H2,(H,22,24). The molecule has 1 aliphatic rings. The summed E-state index contributed by atoms with van der Waals surface area (Å²) in [6.45, 7) is 0.489. The van der Waals surface area contributed by atoms with Crippen molar-refractivity contribution in [1.29, 1.82) is 0 Å². The zero-order chi connectivity index (χ0) is 19.4. The summed E-state index contributed by atoms with van der Waals surface area (Å²) in [6.07, 6.45) is 0.861. The smallest absolute Gasteiger partial charge is 0.244 e.